The summed E-state index contributed by atoms with van der Waals surface area (Å²) in [6.07, 6.45) is 3.97. The second-order valence-corrected chi connectivity index (χ2v) is 4.42. The van der Waals surface area contributed by atoms with Crippen molar-refractivity contribution < 1.29 is 4.74 Å². The van der Waals surface area contributed by atoms with Gasteiger partial charge in [-0.3, -0.25) is 10.4 Å². The van der Waals surface area contributed by atoms with Crippen LogP contribution >= 0.6 is 0 Å². The van der Waals surface area contributed by atoms with Crippen molar-refractivity contribution >= 4 is 5.96 Å². The van der Waals surface area contributed by atoms with E-state index in [9.17, 15) is 0 Å². The zero-order valence-electron chi connectivity index (χ0n) is 10.3. The number of guanidine groups is 1. The van der Waals surface area contributed by atoms with Crippen molar-refractivity contribution in [3.8, 4) is 0 Å². The zero-order valence-corrected chi connectivity index (χ0v) is 10.3. The monoisotopic (exact) mass is 228 g/mol. The fraction of sp³-hybridized carbons (Fsp3) is 0.909. The highest BCUT2D eigenvalue weighted by Crippen LogP contribution is 2.31. The number of hydrogen-bond donors (Lipinski definition) is 3. The molecular formula is C11H24N4O. The molecule has 4 N–H and O–H groups in total. The molecule has 0 aromatic heterocycles. The molecule has 1 fully saturated rings. The first-order chi connectivity index (χ1) is 7.77. The van der Waals surface area contributed by atoms with Crippen molar-refractivity contribution in [3.63, 3.8) is 0 Å². The van der Waals surface area contributed by atoms with Gasteiger partial charge in [-0.2, -0.15) is 0 Å². The summed E-state index contributed by atoms with van der Waals surface area (Å²) >= 11 is 0. The molecule has 2 unspecified atom stereocenters. The lowest BCUT2D eigenvalue weighted by molar-refractivity contribution is 0.203. The average molecular weight is 228 g/mol. The summed E-state index contributed by atoms with van der Waals surface area (Å²) < 4.78 is 4.95. The van der Waals surface area contributed by atoms with Crippen LogP contribution in [0.4, 0.5) is 0 Å². The number of ether oxygens (including phenoxy) is 1. The second kappa shape index (κ2) is 7.46. The number of nitrogens with one attached hydrogen (secondary N) is 2. The van der Waals surface area contributed by atoms with Gasteiger partial charge in [0.05, 0.1) is 6.61 Å². The predicted octanol–water partition coefficient (Wildman–Crippen LogP) is 0.478. The minimum Gasteiger partial charge on any atom is -0.383 e. The van der Waals surface area contributed by atoms with E-state index in [4.69, 9.17) is 10.6 Å². The molecule has 2 atom stereocenters. The maximum Gasteiger partial charge on any atom is 0.205 e. The smallest absolute Gasteiger partial charge is 0.205 e. The molecule has 1 saturated carbocycles. The van der Waals surface area contributed by atoms with Crippen LogP contribution < -0.4 is 16.6 Å². The van der Waals surface area contributed by atoms with Crippen molar-refractivity contribution in [2.45, 2.75) is 26.2 Å². The third kappa shape index (κ3) is 4.37. The second-order valence-electron chi connectivity index (χ2n) is 4.42. The summed E-state index contributed by atoms with van der Waals surface area (Å²) in [4.78, 5) is 4.46. The van der Waals surface area contributed by atoms with E-state index in [2.05, 4.69) is 22.7 Å². The van der Waals surface area contributed by atoms with Crippen LogP contribution in [0.3, 0.4) is 0 Å². The van der Waals surface area contributed by atoms with Crippen LogP contribution in [-0.4, -0.2) is 32.8 Å². The van der Waals surface area contributed by atoms with Gasteiger partial charge in [-0.25, -0.2) is 5.84 Å². The highest BCUT2D eigenvalue weighted by molar-refractivity contribution is 5.79. The van der Waals surface area contributed by atoms with Gasteiger partial charge >= 0.3 is 0 Å². The number of methoxy groups -OCH3 is 1. The van der Waals surface area contributed by atoms with Gasteiger partial charge in [0.15, 0.2) is 0 Å². The first-order valence-electron chi connectivity index (χ1n) is 6.01. The van der Waals surface area contributed by atoms with E-state index < -0.39 is 0 Å². The lowest BCUT2D eigenvalue weighted by Gasteiger charge is -2.14. The van der Waals surface area contributed by atoms with Crippen LogP contribution in [0, 0.1) is 11.8 Å². The van der Waals surface area contributed by atoms with Crippen molar-refractivity contribution in [2.75, 3.05) is 26.8 Å². The molecule has 0 radical (unpaired) electrons. The number of hydrazine groups is 1. The van der Waals surface area contributed by atoms with E-state index in [0.717, 1.165) is 19.0 Å². The van der Waals surface area contributed by atoms with Crippen LogP contribution in [0.25, 0.3) is 0 Å². The van der Waals surface area contributed by atoms with Gasteiger partial charge in [-0.05, 0) is 18.3 Å². The third-order valence-electron chi connectivity index (χ3n) is 3.26. The molecule has 0 heterocycles. The molecule has 0 aromatic carbocycles. The first kappa shape index (κ1) is 13.3. The number of hydrogen-bond acceptors (Lipinski definition) is 3. The van der Waals surface area contributed by atoms with Crippen molar-refractivity contribution in [3.05, 3.63) is 0 Å². The van der Waals surface area contributed by atoms with E-state index in [0.29, 0.717) is 18.5 Å². The predicted molar refractivity (Wildman–Crippen MR) is 66.0 cm³/mol. The molecule has 1 aliphatic rings. The molecule has 1 rings (SSSR count). The fourth-order valence-electron chi connectivity index (χ4n) is 2.13. The summed E-state index contributed by atoms with van der Waals surface area (Å²) in [6.45, 7) is 4.54. The first-order valence-corrected chi connectivity index (χ1v) is 6.01. The maximum atomic E-state index is 5.39. The lowest BCUT2D eigenvalue weighted by atomic mass is 9.99. The van der Waals surface area contributed by atoms with E-state index in [1.54, 1.807) is 7.11 Å². The molecule has 0 bridgehead atoms. The minimum absolute atomic E-state index is 0.653. The van der Waals surface area contributed by atoms with Gasteiger partial charge < -0.3 is 10.1 Å². The Kier molecular flexibility index (Phi) is 6.18. The number of nitrogens with two attached hydrogens (primary N) is 1. The van der Waals surface area contributed by atoms with Crippen molar-refractivity contribution in [1.29, 1.82) is 0 Å². The highest BCUT2D eigenvalue weighted by atomic mass is 16.5. The zero-order chi connectivity index (χ0) is 11.8. The van der Waals surface area contributed by atoms with Gasteiger partial charge in [-0.1, -0.05) is 19.8 Å². The summed E-state index contributed by atoms with van der Waals surface area (Å²) in [7, 11) is 1.68. The molecule has 94 valence electrons. The van der Waals surface area contributed by atoms with Crippen LogP contribution in [0.15, 0.2) is 4.99 Å². The normalized spacial score (nSPS) is 25.8. The molecule has 0 amide bonds. The van der Waals surface area contributed by atoms with E-state index in [1.807, 2.05) is 0 Å². The fourth-order valence-corrected chi connectivity index (χ4v) is 2.13. The Bertz CT molecular complexity index is 220. The summed E-state index contributed by atoms with van der Waals surface area (Å²) in [5.74, 6) is 7.56. The Morgan fingerprint density at radius 2 is 2.31 bits per heavy atom. The Morgan fingerprint density at radius 1 is 1.50 bits per heavy atom. The molecule has 5 nitrogen and oxygen atoms in total. The molecule has 16 heavy (non-hydrogen) atoms. The van der Waals surface area contributed by atoms with Gasteiger partial charge in [-0.15, -0.1) is 0 Å². The molecule has 5 heteroatoms. The summed E-state index contributed by atoms with van der Waals surface area (Å²) in [6, 6.07) is 0. The van der Waals surface area contributed by atoms with Gasteiger partial charge in [0, 0.05) is 20.2 Å². The average Bonchev–Trinajstić information content (AvgIpc) is 2.69. The maximum absolute atomic E-state index is 5.39. The third-order valence-corrected chi connectivity index (χ3v) is 3.26. The topological polar surface area (TPSA) is 71.7 Å². The molecule has 1 aliphatic carbocycles. The Balaban J connectivity index is 2.28. The molecule has 0 spiro atoms. The Morgan fingerprint density at radius 3 is 2.88 bits per heavy atom. The minimum atomic E-state index is 0.653. The van der Waals surface area contributed by atoms with Crippen LogP contribution in [0.5, 0.6) is 0 Å². The SMILES string of the molecule is COCCNC(=NCC1CCCC1C)NN. The van der Waals surface area contributed by atoms with E-state index >= 15 is 0 Å². The Hall–Kier alpha value is -0.810. The molecule has 0 saturated heterocycles. The van der Waals surface area contributed by atoms with Gasteiger partial charge in [0.25, 0.3) is 0 Å². The Labute approximate surface area is 97.8 Å². The highest BCUT2D eigenvalue weighted by Gasteiger charge is 2.22. The van der Waals surface area contributed by atoms with E-state index in [1.165, 1.54) is 19.3 Å². The summed E-state index contributed by atoms with van der Waals surface area (Å²) in [5, 5.41) is 3.10. The molecule has 0 aliphatic heterocycles. The molecule has 0 aromatic rings. The van der Waals surface area contributed by atoms with Crippen LogP contribution in [-0.2, 0) is 4.74 Å². The number of rotatable bonds is 5. The van der Waals surface area contributed by atoms with Crippen LogP contribution in [0.2, 0.25) is 0 Å². The van der Waals surface area contributed by atoms with Crippen LogP contribution in [0.1, 0.15) is 26.2 Å². The largest absolute Gasteiger partial charge is 0.383 e. The van der Waals surface area contributed by atoms with Gasteiger partial charge in [0.2, 0.25) is 5.96 Å². The summed E-state index contributed by atoms with van der Waals surface area (Å²) in [5.41, 5.74) is 2.58. The quantitative estimate of drug-likeness (QED) is 0.210. The number of aliphatic imine (C=N–C) groups is 1. The molecular weight excluding hydrogens is 204 g/mol. The lowest BCUT2D eigenvalue weighted by Crippen LogP contribution is -2.43. The van der Waals surface area contributed by atoms with E-state index in [-0.39, 0.29) is 0 Å². The van der Waals surface area contributed by atoms with Crippen molar-refractivity contribution in [2.24, 2.45) is 22.7 Å². The number of nitrogens with zero attached hydrogens (tertiary/aromatic N) is 1. The van der Waals surface area contributed by atoms with Gasteiger partial charge in [0.1, 0.15) is 0 Å². The van der Waals surface area contributed by atoms with Crippen molar-refractivity contribution in [1.82, 2.24) is 10.7 Å². The standard InChI is InChI=1S/C11H24N4O/c1-9-4-3-5-10(9)8-14-11(15-12)13-6-7-16-2/h9-10H,3-8,12H2,1-2H3,(H2,13,14,15).